The molecule has 3 rings (SSSR count). The van der Waals surface area contributed by atoms with Crippen LogP contribution in [-0.4, -0.2) is 47.1 Å². The van der Waals surface area contributed by atoms with E-state index in [9.17, 15) is 4.79 Å². The molecule has 0 N–H and O–H groups in total. The summed E-state index contributed by atoms with van der Waals surface area (Å²) >= 11 is 0. The molecule has 3 heterocycles. The lowest BCUT2D eigenvalue weighted by atomic mass is 9.92. The molecule has 6 nitrogen and oxygen atoms in total. The van der Waals surface area contributed by atoms with Gasteiger partial charge in [-0.05, 0) is 5.41 Å². The number of anilines is 1. The number of ether oxygens (including phenoxy) is 1. The number of fused-ring (bicyclic) bond motifs is 1. The maximum atomic E-state index is 12.4. The topological polar surface area (TPSA) is 58.6 Å². The fraction of sp³-hybridized carbons (Fsp3) is 0.688. The van der Waals surface area contributed by atoms with Crippen molar-refractivity contribution in [2.45, 2.75) is 40.3 Å². The van der Waals surface area contributed by atoms with E-state index < -0.39 is 0 Å². The first-order chi connectivity index (χ1) is 10.4. The molecule has 2 aliphatic heterocycles. The molecule has 120 valence electrons. The fourth-order valence-corrected chi connectivity index (χ4v) is 2.80. The van der Waals surface area contributed by atoms with Crippen LogP contribution in [0.25, 0.3) is 0 Å². The first kappa shape index (κ1) is 15.2. The standard InChI is InChI=1S/C16H24N4O2/c1-16(2,3)8-14(21)20-10-12-9-17-15(18-13(12)11-20)19-4-6-22-7-5-19/h9H,4-8,10-11H2,1-3H3. The predicted octanol–water partition coefficient (Wildman–Crippen LogP) is 1.59. The van der Waals surface area contributed by atoms with Crippen LogP contribution in [0, 0.1) is 5.41 Å². The highest BCUT2D eigenvalue weighted by molar-refractivity contribution is 5.77. The summed E-state index contributed by atoms with van der Waals surface area (Å²) in [7, 11) is 0. The van der Waals surface area contributed by atoms with Gasteiger partial charge in [-0.15, -0.1) is 0 Å². The van der Waals surface area contributed by atoms with Crippen LogP contribution in [0.1, 0.15) is 38.4 Å². The van der Waals surface area contributed by atoms with Crippen LogP contribution in [0.5, 0.6) is 0 Å². The largest absolute Gasteiger partial charge is 0.378 e. The molecule has 0 atom stereocenters. The third-order valence-corrected chi connectivity index (χ3v) is 3.97. The lowest BCUT2D eigenvalue weighted by Crippen LogP contribution is -2.37. The van der Waals surface area contributed by atoms with E-state index in [-0.39, 0.29) is 11.3 Å². The van der Waals surface area contributed by atoms with Gasteiger partial charge in [0.15, 0.2) is 0 Å². The minimum atomic E-state index is 0.0104. The van der Waals surface area contributed by atoms with Crippen molar-refractivity contribution >= 4 is 11.9 Å². The molecule has 1 aromatic rings. The van der Waals surface area contributed by atoms with Gasteiger partial charge in [-0.3, -0.25) is 4.79 Å². The fourth-order valence-electron chi connectivity index (χ4n) is 2.80. The molecular formula is C16H24N4O2. The van der Waals surface area contributed by atoms with Crippen molar-refractivity contribution in [3.8, 4) is 0 Å². The van der Waals surface area contributed by atoms with Gasteiger partial charge in [-0.2, -0.15) is 0 Å². The van der Waals surface area contributed by atoms with Gasteiger partial charge in [0, 0.05) is 37.8 Å². The Kier molecular flexibility index (Phi) is 4.04. The van der Waals surface area contributed by atoms with Crippen LogP contribution < -0.4 is 4.90 Å². The summed E-state index contributed by atoms with van der Waals surface area (Å²) in [5.41, 5.74) is 2.06. The number of morpholine rings is 1. The number of carbonyl (C=O) groups is 1. The molecule has 22 heavy (non-hydrogen) atoms. The minimum absolute atomic E-state index is 0.0104. The van der Waals surface area contributed by atoms with E-state index in [0.717, 1.165) is 43.5 Å². The van der Waals surface area contributed by atoms with Crippen molar-refractivity contribution in [3.05, 3.63) is 17.5 Å². The van der Waals surface area contributed by atoms with Gasteiger partial charge in [0.05, 0.1) is 25.5 Å². The monoisotopic (exact) mass is 304 g/mol. The molecule has 1 saturated heterocycles. The minimum Gasteiger partial charge on any atom is -0.378 e. The highest BCUT2D eigenvalue weighted by Crippen LogP contribution is 2.26. The van der Waals surface area contributed by atoms with Crippen molar-refractivity contribution in [2.75, 3.05) is 31.2 Å². The SMILES string of the molecule is CC(C)(C)CC(=O)N1Cc2cnc(N3CCOCC3)nc2C1. The highest BCUT2D eigenvalue weighted by atomic mass is 16.5. The zero-order chi connectivity index (χ0) is 15.7. The van der Waals surface area contributed by atoms with Crippen molar-refractivity contribution < 1.29 is 9.53 Å². The van der Waals surface area contributed by atoms with E-state index in [1.807, 2.05) is 11.1 Å². The third-order valence-electron chi connectivity index (χ3n) is 3.97. The van der Waals surface area contributed by atoms with Gasteiger partial charge in [0.25, 0.3) is 0 Å². The molecular weight excluding hydrogens is 280 g/mol. The predicted molar refractivity (Wildman–Crippen MR) is 83.4 cm³/mol. The van der Waals surface area contributed by atoms with Crippen LogP contribution in [0.2, 0.25) is 0 Å². The molecule has 6 heteroatoms. The number of hydrogen-bond acceptors (Lipinski definition) is 5. The molecule has 0 bridgehead atoms. The number of nitrogens with zero attached hydrogens (tertiary/aromatic N) is 4. The second-order valence-corrected chi connectivity index (χ2v) is 7.23. The highest BCUT2D eigenvalue weighted by Gasteiger charge is 2.28. The van der Waals surface area contributed by atoms with Crippen LogP contribution in [0.15, 0.2) is 6.20 Å². The molecule has 0 saturated carbocycles. The van der Waals surface area contributed by atoms with Crippen molar-refractivity contribution in [3.63, 3.8) is 0 Å². The van der Waals surface area contributed by atoms with Gasteiger partial charge >= 0.3 is 0 Å². The van der Waals surface area contributed by atoms with Gasteiger partial charge in [-0.1, -0.05) is 20.8 Å². The van der Waals surface area contributed by atoms with Crippen LogP contribution in [-0.2, 0) is 22.6 Å². The summed E-state index contributed by atoms with van der Waals surface area (Å²) in [5.74, 6) is 0.950. The zero-order valence-electron chi connectivity index (χ0n) is 13.6. The maximum Gasteiger partial charge on any atom is 0.225 e. The van der Waals surface area contributed by atoms with Gasteiger partial charge in [-0.25, -0.2) is 9.97 Å². The van der Waals surface area contributed by atoms with Gasteiger partial charge < -0.3 is 14.5 Å². The Bertz CT molecular complexity index is 562. The molecule has 0 aliphatic carbocycles. The summed E-state index contributed by atoms with van der Waals surface area (Å²) in [6.07, 6.45) is 2.43. The Labute approximate surface area is 131 Å². The van der Waals surface area contributed by atoms with E-state index in [2.05, 4.69) is 35.6 Å². The van der Waals surface area contributed by atoms with Gasteiger partial charge in [0.2, 0.25) is 11.9 Å². The average molecular weight is 304 g/mol. The Balaban J connectivity index is 1.69. The number of rotatable bonds is 2. The van der Waals surface area contributed by atoms with E-state index in [4.69, 9.17) is 4.74 Å². The summed E-state index contributed by atoms with van der Waals surface area (Å²) < 4.78 is 5.36. The molecule has 2 aliphatic rings. The number of hydrogen-bond donors (Lipinski definition) is 0. The summed E-state index contributed by atoms with van der Waals surface area (Å²) in [6, 6.07) is 0. The molecule has 1 fully saturated rings. The Morgan fingerprint density at radius 1 is 1.27 bits per heavy atom. The Hall–Kier alpha value is -1.69. The van der Waals surface area contributed by atoms with Crippen molar-refractivity contribution in [1.82, 2.24) is 14.9 Å². The lowest BCUT2D eigenvalue weighted by Gasteiger charge is -2.26. The van der Waals surface area contributed by atoms with E-state index >= 15 is 0 Å². The molecule has 0 aromatic carbocycles. The number of aromatic nitrogens is 2. The first-order valence-corrected chi connectivity index (χ1v) is 7.88. The quantitative estimate of drug-likeness (QED) is 0.830. The van der Waals surface area contributed by atoms with Gasteiger partial charge in [0.1, 0.15) is 0 Å². The number of carbonyl (C=O) groups excluding carboxylic acids is 1. The van der Waals surface area contributed by atoms with Crippen molar-refractivity contribution in [2.24, 2.45) is 5.41 Å². The third kappa shape index (κ3) is 3.38. The Morgan fingerprint density at radius 3 is 2.68 bits per heavy atom. The van der Waals surface area contributed by atoms with Crippen LogP contribution >= 0.6 is 0 Å². The first-order valence-electron chi connectivity index (χ1n) is 7.88. The molecule has 0 radical (unpaired) electrons. The smallest absolute Gasteiger partial charge is 0.225 e. The molecule has 1 amide bonds. The second kappa shape index (κ2) is 5.83. The molecule has 0 unspecified atom stereocenters. The average Bonchev–Trinajstić information content (AvgIpc) is 2.89. The zero-order valence-corrected chi connectivity index (χ0v) is 13.6. The summed E-state index contributed by atoms with van der Waals surface area (Å²) in [5, 5.41) is 0. The van der Waals surface area contributed by atoms with E-state index in [1.54, 1.807) is 0 Å². The summed E-state index contributed by atoms with van der Waals surface area (Å²) in [6.45, 7) is 10.6. The summed E-state index contributed by atoms with van der Waals surface area (Å²) in [4.78, 5) is 25.5. The number of amides is 1. The van der Waals surface area contributed by atoms with Crippen LogP contribution in [0.4, 0.5) is 5.95 Å². The molecule has 0 spiro atoms. The Morgan fingerprint density at radius 2 is 2.00 bits per heavy atom. The van der Waals surface area contributed by atoms with Crippen molar-refractivity contribution in [1.29, 1.82) is 0 Å². The second-order valence-electron chi connectivity index (χ2n) is 7.23. The van der Waals surface area contributed by atoms with E-state index in [0.29, 0.717) is 19.5 Å². The van der Waals surface area contributed by atoms with Crippen LogP contribution in [0.3, 0.4) is 0 Å². The molecule has 1 aromatic heterocycles. The maximum absolute atomic E-state index is 12.4. The van der Waals surface area contributed by atoms with E-state index in [1.165, 1.54) is 0 Å². The normalized spacial score (nSPS) is 18.5. The lowest BCUT2D eigenvalue weighted by molar-refractivity contribution is -0.133.